The maximum absolute atomic E-state index is 13.2. The van der Waals surface area contributed by atoms with Crippen LogP contribution in [0.15, 0.2) is 60.8 Å². The minimum absolute atomic E-state index is 0.0956. The fraction of sp³-hybridized carbons (Fsp3) is 0.273. The number of benzene rings is 2. The van der Waals surface area contributed by atoms with Crippen LogP contribution in [-0.4, -0.2) is 54.2 Å². The molecule has 0 saturated carbocycles. The van der Waals surface area contributed by atoms with E-state index in [0.29, 0.717) is 38.4 Å². The summed E-state index contributed by atoms with van der Waals surface area (Å²) in [4.78, 5) is 30.7. The molecular formula is C22H24N4O3. The second-order valence-electron chi connectivity index (χ2n) is 7.02. The van der Waals surface area contributed by atoms with Gasteiger partial charge in [-0.25, -0.2) is 4.79 Å². The van der Waals surface area contributed by atoms with E-state index in [1.54, 1.807) is 17.0 Å². The van der Waals surface area contributed by atoms with Gasteiger partial charge in [-0.15, -0.1) is 0 Å². The van der Waals surface area contributed by atoms with Gasteiger partial charge in [0.2, 0.25) is 5.91 Å². The number of anilines is 1. The molecular weight excluding hydrogens is 368 g/mol. The molecule has 0 aliphatic carbocycles. The first-order chi connectivity index (χ1) is 14.2. The number of amides is 3. The van der Waals surface area contributed by atoms with E-state index in [1.807, 2.05) is 48.7 Å². The zero-order valence-corrected chi connectivity index (χ0v) is 16.1. The van der Waals surface area contributed by atoms with E-state index in [1.165, 1.54) is 0 Å². The second-order valence-corrected chi connectivity index (χ2v) is 7.02. The summed E-state index contributed by atoms with van der Waals surface area (Å²) in [5, 5.41) is 6.72. The summed E-state index contributed by atoms with van der Waals surface area (Å²) < 4.78 is 5.35. The second kappa shape index (κ2) is 8.79. The minimum Gasteiger partial charge on any atom is -0.378 e. The molecule has 1 aliphatic rings. The van der Waals surface area contributed by atoms with Gasteiger partial charge in [0.05, 0.1) is 13.2 Å². The summed E-state index contributed by atoms with van der Waals surface area (Å²) >= 11 is 0. The lowest BCUT2D eigenvalue weighted by molar-refractivity contribution is -0.137. The number of morpholine rings is 1. The number of rotatable bonds is 5. The molecule has 1 fully saturated rings. The van der Waals surface area contributed by atoms with Crippen LogP contribution in [0.25, 0.3) is 10.9 Å². The predicted octanol–water partition coefficient (Wildman–Crippen LogP) is 2.76. The van der Waals surface area contributed by atoms with Gasteiger partial charge in [-0.2, -0.15) is 0 Å². The average molecular weight is 392 g/mol. The van der Waals surface area contributed by atoms with Gasteiger partial charge < -0.3 is 25.3 Å². The molecule has 3 amide bonds. The van der Waals surface area contributed by atoms with Gasteiger partial charge in [-0.1, -0.05) is 36.4 Å². The van der Waals surface area contributed by atoms with Gasteiger partial charge in [0.1, 0.15) is 6.04 Å². The van der Waals surface area contributed by atoms with Crippen LogP contribution in [0.4, 0.5) is 10.5 Å². The Labute approximate surface area is 169 Å². The van der Waals surface area contributed by atoms with Crippen molar-refractivity contribution in [2.45, 2.75) is 12.5 Å². The standard InChI is InChI=1S/C22H24N4O3/c27-21(26-10-12-29-13-11-26)20(25-22(28)24-17-6-2-1-3-7-17)14-16-15-23-19-9-5-4-8-18(16)19/h1-9,15,20,23H,10-14H2,(H2,24,25,28). The summed E-state index contributed by atoms with van der Waals surface area (Å²) in [5.41, 5.74) is 2.68. The Morgan fingerprint density at radius 2 is 1.76 bits per heavy atom. The highest BCUT2D eigenvalue weighted by Gasteiger charge is 2.28. The van der Waals surface area contributed by atoms with Gasteiger partial charge in [0, 0.05) is 42.3 Å². The van der Waals surface area contributed by atoms with E-state index in [0.717, 1.165) is 16.5 Å². The lowest BCUT2D eigenvalue weighted by atomic mass is 10.0. The molecule has 2 aromatic carbocycles. The van der Waals surface area contributed by atoms with E-state index in [2.05, 4.69) is 15.6 Å². The zero-order valence-electron chi connectivity index (χ0n) is 16.1. The number of H-pyrrole nitrogens is 1. The molecule has 0 bridgehead atoms. The number of nitrogens with one attached hydrogen (secondary N) is 3. The van der Waals surface area contributed by atoms with Crippen molar-refractivity contribution in [2.24, 2.45) is 0 Å². The van der Waals surface area contributed by atoms with Crippen molar-refractivity contribution in [1.29, 1.82) is 0 Å². The summed E-state index contributed by atoms with van der Waals surface area (Å²) in [6, 6.07) is 16.0. The van der Waals surface area contributed by atoms with E-state index < -0.39 is 12.1 Å². The number of hydrogen-bond donors (Lipinski definition) is 3. The SMILES string of the molecule is O=C(Nc1ccccc1)NC(Cc1c[nH]c2ccccc12)C(=O)N1CCOCC1. The number of para-hydroxylation sites is 2. The molecule has 29 heavy (non-hydrogen) atoms. The van der Waals surface area contributed by atoms with Crippen LogP contribution in [0.1, 0.15) is 5.56 Å². The summed E-state index contributed by atoms with van der Waals surface area (Å²) in [7, 11) is 0. The van der Waals surface area contributed by atoms with E-state index in [9.17, 15) is 9.59 Å². The van der Waals surface area contributed by atoms with E-state index in [4.69, 9.17) is 4.74 Å². The average Bonchev–Trinajstić information content (AvgIpc) is 3.17. The van der Waals surface area contributed by atoms with Gasteiger partial charge in [0.25, 0.3) is 0 Å². The van der Waals surface area contributed by atoms with Crippen LogP contribution in [0, 0.1) is 0 Å². The van der Waals surface area contributed by atoms with Crippen LogP contribution < -0.4 is 10.6 Å². The third-order valence-electron chi connectivity index (χ3n) is 5.06. The van der Waals surface area contributed by atoms with E-state index in [-0.39, 0.29) is 5.91 Å². The molecule has 1 saturated heterocycles. The number of nitrogens with zero attached hydrogens (tertiary/aromatic N) is 1. The Morgan fingerprint density at radius 3 is 2.55 bits per heavy atom. The molecule has 3 aromatic rings. The van der Waals surface area contributed by atoms with Crippen LogP contribution in [0.5, 0.6) is 0 Å². The Hall–Kier alpha value is -3.32. The molecule has 7 heteroatoms. The molecule has 1 atom stereocenters. The number of urea groups is 1. The van der Waals surface area contributed by atoms with Gasteiger partial charge in [-0.05, 0) is 23.8 Å². The number of carbonyl (C=O) groups excluding carboxylic acids is 2. The number of fused-ring (bicyclic) bond motifs is 1. The summed E-state index contributed by atoms with van der Waals surface area (Å²) in [5.74, 6) is -0.0956. The highest BCUT2D eigenvalue weighted by molar-refractivity contribution is 5.94. The van der Waals surface area contributed by atoms with Crippen molar-refractivity contribution in [2.75, 3.05) is 31.6 Å². The lowest BCUT2D eigenvalue weighted by Crippen LogP contribution is -2.53. The van der Waals surface area contributed by atoms with Crippen LogP contribution in [0.2, 0.25) is 0 Å². The normalized spacial score (nSPS) is 15.1. The number of ether oxygens (including phenoxy) is 1. The number of aromatic nitrogens is 1. The Bertz CT molecular complexity index is 980. The fourth-order valence-corrected chi connectivity index (χ4v) is 3.57. The highest BCUT2D eigenvalue weighted by Crippen LogP contribution is 2.20. The molecule has 1 aromatic heterocycles. The molecule has 0 radical (unpaired) electrons. The topological polar surface area (TPSA) is 86.5 Å². The lowest BCUT2D eigenvalue weighted by Gasteiger charge is -2.30. The van der Waals surface area contributed by atoms with Crippen LogP contribution >= 0.6 is 0 Å². The third kappa shape index (κ3) is 4.57. The van der Waals surface area contributed by atoms with Gasteiger partial charge in [0.15, 0.2) is 0 Å². The summed E-state index contributed by atoms with van der Waals surface area (Å²) in [6.45, 7) is 2.10. The molecule has 3 N–H and O–H groups in total. The molecule has 2 heterocycles. The molecule has 150 valence electrons. The third-order valence-corrected chi connectivity index (χ3v) is 5.06. The van der Waals surface area contributed by atoms with Crippen molar-refractivity contribution in [1.82, 2.24) is 15.2 Å². The Kier molecular flexibility index (Phi) is 5.76. The predicted molar refractivity (Wildman–Crippen MR) is 112 cm³/mol. The molecule has 1 aliphatic heterocycles. The van der Waals surface area contributed by atoms with Crippen molar-refractivity contribution >= 4 is 28.5 Å². The summed E-state index contributed by atoms with van der Waals surface area (Å²) in [6.07, 6.45) is 2.31. The first kappa shape index (κ1) is 19.0. The first-order valence-electron chi connectivity index (χ1n) is 9.75. The monoisotopic (exact) mass is 392 g/mol. The van der Waals surface area contributed by atoms with Gasteiger partial charge in [-0.3, -0.25) is 4.79 Å². The maximum Gasteiger partial charge on any atom is 0.319 e. The maximum atomic E-state index is 13.2. The van der Waals surface area contributed by atoms with Crippen molar-refractivity contribution in [3.05, 3.63) is 66.4 Å². The van der Waals surface area contributed by atoms with E-state index >= 15 is 0 Å². The number of aromatic amines is 1. The minimum atomic E-state index is -0.670. The van der Waals surface area contributed by atoms with Crippen LogP contribution in [-0.2, 0) is 16.0 Å². The molecule has 7 nitrogen and oxygen atoms in total. The van der Waals surface area contributed by atoms with Crippen molar-refractivity contribution in [3.8, 4) is 0 Å². The number of carbonyl (C=O) groups is 2. The largest absolute Gasteiger partial charge is 0.378 e. The van der Waals surface area contributed by atoms with Gasteiger partial charge >= 0.3 is 6.03 Å². The highest BCUT2D eigenvalue weighted by atomic mass is 16.5. The number of hydrogen-bond acceptors (Lipinski definition) is 3. The molecule has 0 spiro atoms. The van der Waals surface area contributed by atoms with Crippen molar-refractivity contribution in [3.63, 3.8) is 0 Å². The Balaban J connectivity index is 1.53. The van der Waals surface area contributed by atoms with Crippen molar-refractivity contribution < 1.29 is 14.3 Å². The first-order valence-corrected chi connectivity index (χ1v) is 9.75. The quantitative estimate of drug-likeness (QED) is 0.624. The zero-order chi connectivity index (χ0) is 20.1. The molecule has 1 unspecified atom stereocenters. The fourth-order valence-electron chi connectivity index (χ4n) is 3.57. The van der Waals surface area contributed by atoms with Crippen LogP contribution in [0.3, 0.4) is 0 Å². The Morgan fingerprint density at radius 1 is 1.03 bits per heavy atom. The smallest absolute Gasteiger partial charge is 0.319 e. The molecule has 4 rings (SSSR count).